The van der Waals surface area contributed by atoms with Crippen LogP contribution in [-0.2, 0) is 0 Å². The third kappa shape index (κ3) is 2.16. The van der Waals surface area contributed by atoms with Crippen molar-refractivity contribution in [2.45, 2.75) is 0 Å². The average Bonchev–Trinajstić information content (AvgIpc) is 2.81. The first-order valence-electron chi connectivity index (χ1n) is 10.4. The van der Waals surface area contributed by atoms with Crippen LogP contribution in [0.1, 0.15) is 0 Å². The van der Waals surface area contributed by atoms with Crippen molar-refractivity contribution >= 4 is 64.6 Å². The van der Waals surface area contributed by atoms with E-state index in [0.717, 1.165) is 0 Å². The zero-order chi connectivity index (χ0) is 19.7. The lowest BCUT2D eigenvalue weighted by atomic mass is 9.89. The highest BCUT2D eigenvalue weighted by molar-refractivity contribution is 6.30. The van der Waals surface area contributed by atoms with Crippen LogP contribution >= 0.6 is 0 Å². The Bertz CT molecular complexity index is 1410. The fourth-order valence-electron chi connectivity index (χ4n) is 4.99. The molecule has 0 amide bonds. The molecule has 137 valence electrons. The van der Waals surface area contributed by atoms with E-state index in [9.17, 15) is 0 Å². The zero-order valence-electron chi connectivity index (χ0n) is 16.3. The van der Waals surface area contributed by atoms with Crippen molar-refractivity contribution < 1.29 is 0 Å². The Balaban J connectivity index is 1.82. The monoisotopic (exact) mass is 377 g/mol. The van der Waals surface area contributed by atoms with Gasteiger partial charge in [0.15, 0.2) is 0 Å². The molecule has 7 rings (SSSR count). The fraction of sp³-hybridized carbons (Fsp3) is 0. The maximum atomic E-state index is 3.42. The minimum atomic E-state index is 1.17. The van der Waals surface area contributed by atoms with Crippen LogP contribution in [0.5, 0.6) is 0 Å². The Labute approximate surface area is 174 Å². The van der Waals surface area contributed by atoms with Gasteiger partial charge in [0.2, 0.25) is 0 Å². The highest BCUT2D eigenvalue weighted by atomic mass is 14.2. The van der Waals surface area contributed by atoms with Crippen LogP contribution in [-0.4, -0.2) is 0 Å². The van der Waals surface area contributed by atoms with Crippen LogP contribution in [0.3, 0.4) is 0 Å². The Kier molecular flexibility index (Phi) is 3.09. The van der Waals surface area contributed by atoms with Crippen LogP contribution < -0.4 is 0 Å². The summed E-state index contributed by atoms with van der Waals surface area (Å²) < 4.78 is 0. The van der Waals surface area contributed by atoms with E-state index >= 15 is 0 Å². The molecule has 0 saturated heterocycles. The van der Waals surface area contributed by atoms with Crippen molar-refractivity contribution in [2.24, 2.45) is 0 Å². The first-order valence-corrected chi connectivity index (χ1v) is 10.4. The molecule has 0 heteroatoms. The summed E-state index contributed by atoms with van der Waals surface area (Å²) in [5.41, 5.74) is 0. The molecule has 7 aromatic carbocycles. The van der Waals surface area contributed by atoms with E-state index in [4.69, 9.17) is 0 Å². The summed E-state index contributed by atoms with van der Waals surface area (Å²) in [6.45, 7) is 0. The summed E-state index contributed by atoms with van der Waals surface area (Å²) in [5, 5.41) is 15.4. The van der Waals surface area contributed by atoms with Crippen LogP contribution in [0, 0.1) is 6.07 Å². The minimum absolute atomic E-state index is 1.17. The smallest absolute Gasteiger partial charge is 0.00921 e. The second-order valence-electron chi connectivity index (χ2n) is 8.15. The van der Waals surface area contributed by atoms with E-state index in [2.05, 4.69) is 103 Å². The largest absolute Gasteiger partial charge is 0.0616 e. The van der Waals surface area contributed by atoms with Gasteiger partial charge in [-0.1, -0.05) is 66.7 Å². The third-order valence-electron chi connectivity index (χ3n) is 6.44. The summed E-state index contributed by atoms with van der Waals surface area (Å²) >= 11 is 0. The second kappa shape index (κ2) is 5.81. The Morgan fingerprint density at radius 3 is 1.20 bits per heavy atom. The maximum absolute atomic E-state index is 3.42. The van der Waals surface area contributed by atoms with E-state index in [-0.39, 0.29) is 0 Å². The van der Waals surface area contributed by atoms with Gasteiger partial charge in [-0.2, -0.15) is 0 Å². The van der Waals surface area contributed by atoms with Crippen molar-refractivity contribution in [2.75, 3.05) is 0 Å². The molecule has 0 aliphatic carbocycles. The van der Waals surface area contributed by atoms with E-state index in [1.54, 1.807) is 0 Å². The Morgan fingerprint density at radius 2 is 0.733 bits per heavy atom. The fourth-order valence-corrected chi connectivity index (χ4v) is 4.99. The third-order valence-corrected chi connectivity index (χ3v) is 6.44. The van der Waals surface area contributed by atoms with Gasteiger partial charge in [0.1, 0.15) is 0 Å². The van der Waals surface area contributed by atoms with Gasteiger partial charge in [-0.05, 0) is 107 Å². The normalized spacial score (nSPS) is 12.0. The van der Waals surface area contributed by atoms with Crippen LogP contribution in [0.15, 0.2) is 103 Å². The van der Waals surface area contributed by atoms with E-state index in [1.165, 1.54) is 64.6 Å². The first kappa shape index (κ1) is 16.0. The predicted molar refractivity (Wildman–Crippen MR) is 130 cm³/mol. The van der Waals surface area contributed by atoms with Crippen molar-refractivity contribution in [1.29, 1.82) is 0 Å². The van der Waals surface area contributed by atoms with Crippen LogP contribution in [0.4, 0.5) is 0 Å². The van der Waals surface area contributed by atoms with Crippen LogP contribution in [0.2, 0.25) is 0 Å². The number of fused-ring (bicyclic) bond motifs is 9. The summed E-state index contributed by atoms with van der Waals surface area (Å²) in [4.78, 5) is 0. The quantitative estimate of drug-likeness (QED) is 0.184. The number of rotatable bonds is 0. The molecule has 7 aromatic rings. The number of hydrogen-bond acceptors (Lipinski definition) is 0. The lowest BCUT2D eigenvalue weighted by Crippen LogP contribution is -1.86. The van der Waals surface area contributed by atoms with Gasteiger partial charge >= 0.3 is 0 Å². The second-order valence-corrected chi connectivity index (χ2v) is 8.15. The molecule has 0 aliphatic rings. The van der Waals surface area contributed by atoms with E-state index in [0.29, 0.717) is 0 Å². The summed E-state index contributed by atoms with van der Waals surface area (Å²) in [6, 6.07) is 41.1. The van der Waals surface area contributed by atoms with Gasteiger partial charge in [0.05, 0.1) is 0 Å². The van der Waals surface area contributed by atoms with Gasteiger partial charge in [-0.15, -0.1) is 0 Å². The van der Waals surface area contributed by atoms with Gasteiger partial charge in [-0.3, -0.25) is 0 Å². The molecular formula is C30H17. The molecule has 0 bridgehead atoms. The highest BCUT2D eigenvalue weighted by Crippen LogP contribution is 2.40. The first-order chi connectivity index (χ1) is 14.8. The molecule has 0 nitrogen and oxygen atoms in total. The Hall–Kier alpha value is -3.90. The number of hydrogen-bond donors (Lipinski definition) is 0. The van der Waals surface area contributed by atoms with E-state index in [1.807, 2.05) is 6.07 Å². The molecule has 0 heterocycles. The zero-order valence-corrected chi connectivity index (χ0v) is 16.3. The molecule has 0 fully saturated rings. The molecule has 0 N–H and O–H groups in total. The van der Waals surface area contributed by atoms with Crippen molar-refractivity contribution in [1.82, 2.24) is 0 Å². The molecule has 0 aliphatic heterocycles. The van der Waals surface area contributed by atoms with Gasteiger partial charge in [0.25, 0.3) is 0 Å². The minimum Gasteiger partial charge on any atom is -0.0616 e. The highest BCUT2D eigenvalue weighted by Gasteiger charge is 2.12. The molecule has 1 radical (unpaired) electrons. The topological polar surface area (TPSA) is 0 Å². The molecule has 0 aromatic heterocycles. The predicted octanol–water partition coefficient (Wildman–Crippen LogP) is 8.41. The summed E-state index contributed by atoms with van der Waals surface area (Å²) in [5.74, 6) is 0. The molecule has 0 atom stereocenters. The van der Waals surface area contributed by atoms with Gasteiger partial charge in [0, 0.05) is 0 Å². The summed E-state index contributed by atoms with van der Waals surface area (Å²) in [7, 11) is 0. The lowest BCUT2D eigenvalue weighted by molar-refractivity contribution is 1.77. The number of benzene rings is 7. The molecular weight excluding hydrogens is 360 g/mol. The van der Waals surface area contributed by atoms with Gasteiger partial charge < -0.3 is 0 Å². The van der Waals surface area contributed by atoms with E-state index < -0.39 is 0 Å². The van der Waals surface area contributed by atoms with Crippen LogP contribution in [0.25, 0.3) is 64.6 Å². The molecule has 0 spiro atoms. The molecule has 0 saturated carbocycles. The maximum Gasteiger partial charge on any atom is -0.00921 e. The average molecular weight is 377 g/mol. The Morgan fingerprint density at radius 1 is 0.367 bits per heavy atom. The van der Waals surface area contributed by atoms with Crippen molar-refractivity contribution in [3.63, 3.8) is 0 Å². The molecule has 0 unspecified atom stereocenters. The molecule has 30 heavy (non-hydrogen) atoms. The van der Waals surface area contributed by atoms with Crippen molar-refractivity contribution in [3.05, 3.63) is 109 Å². The lowest BCUT2D eigenvalue weighted by Gasteiger charge is -2.14. The van der Waals surface area contributed by atoms with Crippen molar-refractivity contribution in [3.8, 4) is 0 Å². The summed E-state index contributed by atoms with van der Waals surface area (Å²) in [6.07, 6.45) is 0. The SMILES string of the molecule is [c]1cccc2cc3c(cc12)c1cc2ccccc2cc1c1cc2ccccc2cc31. The standard InChI is InChI=1S/C30H17/c1-2-8-20-14-26-25(13-19(20)7-1)27-15-21-9-3-4-11-23(21)17-29(27)30-18-24-12-6-5-10-22(24)16-28(26)30/h1-11,13-18H. The van der Waals surface area contributed by atoms with Gasteiger partial charge in [-0.25, -0.2) is 0 Å².